The van der Waals surface area contributed by atoms with Crippen LogP contribution in [0.3, 0.4) is 0 Å². The van der Waals surface area contributed by atoms with Crippen molar-refractivity contribution in [3.8, 4) is 0 Å². The molecule has 0 aliphatic carbocycles. The maximum Gasteiger partial charge on any atom is 0.234 e. The molecule has 1 amide bonds. The van der Waals surface area contributed by atoms with Crippen molar-refractivity contribution in [2.24, 2.45) is 0 Å². The van der Waals surface area contributed by atoms with Gasteiger partial charge in [-0.1, -0.05) is 80.1 Å². The first-order valence-corrected chi connectivity index (χ1v) is 9.75. The number of nitrogens with zero attached hydrogens (tertiary/aromatic N) is 1. The van der Waals surface area contributed by atoms with Gasteiger partial charge in [0.2, 0.25) is 5.91 Å². The van der Waals surface area contributed by atoms with Gasteiger partial charge in [0.1, 0.15) is 0 Å². The summed E-state index contributed by atoms with van der Waals surface area (Å²) >= 11 is 0. The monoisotopic (exact) mass is 360 g/mol. The lowest BCUT2D eigenvalue weighted by Gasteiger charge is -2.22. The van der Waals surface area contributed by atoms with Crippen molar-refractivity contribution >= 4 is 16.7 Å². The summed E-state index contributed by atoms with van der Waals surface area (Å²) in [4.78, 5) is 14.6. The Bertz CT molecular complexity index is 860. The van der Waals surface area contributed by atoms with Crippen LogP contribution >= 0.6 is 0 Å². The van der Waals surface area contributed by atoms with Crippen molar-refractivity contribution in [3.05, 3.63) is 83.9 Å². The normalized spacial score (nSPS) is 11.0. The molecule has 3 aromatic rings. The molecule has 3 rings (SSSR count). The maximum atomic E-state index is 12.4. The number of unbranched alkanes of at least 4 members (excludes halogenated alkanes) is 1. The number of hydrogen-bond donors (Lipinski definition) is 1. The minimum atomic E-state index is 0.0974. The van der Waals surface area contributed by atoms with Gasteiger partial charge in [-0.25, -0.2) is 0 Å². The smallest absolute Gasteiger partial charge is 0.234 e. The third kappa shape index (κ3) is 5.93. The highest BCUT2D eigenvalue weighted by molar-refractivity contribution is 5.83. The predicted octanol–water partition coefficient (Wildman–Crippen LogP) is 4.76. The summed E-state index contributed by atoms with van der Waals surface area (Å²) in [7, 11) is 0. The zero-order valence-electron chi connectivity index (χ0n) is 16.0. The Morgan fingerprint density at radius 3 is 2.33 bits per heavy atom. The van der Waals surface area contributed by atoms with Crippen LogP contribution < -0.4 is 5.32 Å². The second-order valence-electron chi connectivity index (χ2n) is 7.02. The van der Waals surface area contributed by atoms with Crippen LogP contribution in [0.5, 0.6) is 0 Å². The zero-order chi connectivity index (χ0) is 18.9. The van der Waals surface area contributed by atoms with Gasteiger partial charge < -0.3 is 5.32 Å². The number of carbonyl (C=O) groups excluding carboxylic acids is 1. The van der Waals surface area contributed by atoms with E-state index in [1.807, 2.05) is 18.2 Å². The van der Waals surface area contributed by atoms with E-state index in [-0.39, 0.29) is 5.91 Å². The van der Waals surface area contributed by atoms with Crippen LogP contribution in [-0.2, 0) is 17.9 Å². The van der Waals surface area contributed by atoms with Gasteiger partial charge in [-0.05, 0) is 34.4 Å². The minimum Gasteiger partial charge on any atom is -0.355 e. The van der Waals surface area contributed by atoms with Crippen LogP contribution in [0.2, 0.25) is 0 Å². The second kappa shape index (κ2) is 9.89. The van der Waals surface area contributed by atoms with E-state index < -0.39 is 0 Å². The van der Waals surface area contributed by atoms with E-state index in [1.54, 1.807) is 0 Å². The molecule has 0 radical (unpaired) electrons. The molecule has 0 fully saturated rings. The highest BCUT2D eigenvalue weighted by Gasteiger charge is 2.12. The zero-order valence-corrected chi connectivity index (χ0v) is 16.0. The van der Waals surface area contributed by atoms with E-state index in [0.29, 0.717) is 6.54 Å². The number of benzene rings is 3. The number of rotatable bonds is 9. The molecule has 27 heavy (non-hydrogen) atoms. The van der Waals surface area contributed by atoms with Gasteiger partial charge in [-0.3, -0.25) is 9.69 Å². The predicted molar refractivity (Wildman–Crippen MR) is 112 cm³/mol. The lowest BCUT2D eigenvalue weighted by Crippen LogP contribution is -2.37. The molecule has 0 unspecified atom stereocenters. The minimum absolute atomic E-state index is 0.0974. The summed E-state index contributed by atoms with van der Waals surface area (Å²) in [5.41, 5.74) is 2.45. The van der Waals surface area contributed by atoms with Crippen LogP contribution in [0.4, 0.5) is 0 Å². The van der Waals surface area contributed by atoms with Gasteiger partial charge in [0.15, 0.2) is 0 Å². The highest BCUT2D eigenvalue weighted by atomic mass is 16.2. The summed E-state index contributed by atoms with van der Waals surface area (Å²) in [6.45, 7) is 4.80. The molecule has 1 N–H and O–H groups in total. The van der Waals surface area contributed by atoms with Crippen LogP contribution in [-0.4, -0.2) is 23.9 Å². The number of fused-ring (bicyclic) bond motifs is 1. The van der Waals surface area contributed by atoms with Crippen molar-refractivity contribution in [1.29, 1.82) is 0 Å². The Morgan fingerprint density at radius 2 is 1.56 bits per heavy atom. The molecule has 3 nitrogen and oxygen atoms in total. The first-order chi connectivity index (χ1) is 13.2. The molecule has 0 aliphatic heterocycles. The fourth-order valence-electron chi connectivity index (χ4n) is 3.27. The molecule has 0 heterocycles. The number of carbonyl (C=O) groups is 1. The number of nitrogens with one attached hydrogen (secondary N) is 1. The average molecular weight is 361 g/mol. The van der Waals surface area contributed by atoms with Gasteiger partial charge in [0.05, 0.1) is 6.54 Å². The first kappa shape index (κ1) is 19.1. The lowest BCUT2D eigenvalue weighted by atomic mass is 10.1. The van der Waals surface area contributed by atoms with E-state index in [9.17, 15) is 4.79 Å². The van der Waals surface area contributed by atoms with Crippen molar-refractivity contribution < 1.29 is 4.79 Å². The molecule has 3 heteroatoms. The van der Waals surface area contributed by atoms with Gasteiger partial charge >= 0.3 is 0 Å². The molecule has 0 spiro atoms. The summed E-state index contributed by atoms with van der Waals surface area (Å²) in [6, 6.07) is 25.3. The van der Waals surface area contributed by atoms with Crippen LogP contribution in [0.15, 0.2) is 72.8 Å². The molecule has 0 atom stereocenters. The standard InChI is InChI=1S/C24H28N2O/c1-2-3-15-25-24(27)19-26(17-20-9-5-4-6-10-20)18-21-13-14-22-11-7-8-12-23(22)16-21/h4-14,16H,2-3,15,17-19H2,1H3,(H,25,27). The topological polar surface area (TPSA) is 32.3 Å². The molecular formula is C24H28N2O. The molecule has 0 saturated heterocycles. The molecule has 140 valence electrons. The first-order valence-electron chi connectivity index (χ1n) is 9.75. The number of hydrogen-bond acceptors (Lipinski definition) is 2. The van der Waals surface area contributed by atoms with E-state index in [2.05, 4.69) is 71.7 Å². The van der Waals surface area contributed by atoms with Gasteiger partial charge in [-0.15, -0.1) is 0 Å². The van der Waals surface area contributed by atoms with Crippen LogP contribution in [0.25, 0.3) is 10.8 Å². The molecule has 0 aliphatic rings. The highest BCUT2D eigenvalue weighted by Crippen LogP contribution is 2.17. The summed E-state index contributed by atoms with van der Waals surface area (Å²) in [5, 5.41) is 5.52. The Hall–Kier alpha value is -2.65. The third-order valence-electron chi connectivity index (χ3n) is 4.69. The lowest BCUT2D eigenvalue weighted by molar-refractivity contribution is -0.122. The Balaban J connectivity index is 1.72. The SMILES string of the molecule is CCCCNC(=O)CN(Cc1ccccc1)Cc1ccc2ccccc2c1. The van der Waals surface area contributed by atoms with E-state index in [4.69, 9.17) is 0 Å². The van der Waals surface area contributed by atoms with E-state index in [1.165, 1.54) is 21.9 Å². The second-order valence-corrected chi connectivity index (χ2v) is 7.02. The molecule has 0 bridgehead atoms. The van der Waals surface area contributed by atoms with Crippen LogP contribution in [0, 0.1) is 0 Å². The summed E-state index contributed by atoms with van der Waals surface area (Å²) in [5.74, 6) is 0.0974. The summed E-state index contributed by atoms with van der Waals surface area (Å²) in [6.07, 6.45) is 2.11. The Kier molecular flexibility index (Phi) is 7.00. The van der Waals surface area contributed by atoms with E-state index in [0.717, 1.165) is 32.5 Å². The molecular weight excluding hydrogens is 332 g/mol. The quantitative estimate of drug-likeness (QED) is 0.558. The largest absolute Gasteiger partial charge is 0.355 e. The van der Waals surface area contributed by atoms with Crippen LogP contribution in [0.1, 0.15) is 30.9 Å². The number of amides is 1. The van der Waals surface area contributed by atoms with Gasteiger partial charge in [0, 0.05) is 19.6 Å². The molecule has 0 aromatic heterocycles. The van der Waals surface area contributed by atoms with Crippen molar-refractivity contribution in [1.82, 2.24) is 10.2 Å². The van der Waals surface area contributed by atoms with Gasteiger partial charge in [0.25, 0.3) is 0 Å². The van der Waals surface area contributed by atoms with Crippen molar-refractivity contribution in [3.63, 3.8) is 0 Å². The fourth-order valence-corrected chi connectivity index (χ4v) is 3.27. The summed E-state index contributed by atoms with van der Waals surface area (Å²) < 4.78 is 0. The van der Waals surface area contributed by atoms with Gasteiger partial charge in [-0.2, -0.15) is 0 Å². The molecule has 0 saturated carbocycles. The van der Waals surface area contributed by atoms with E-state index >= 15 is 0 Å². The van der Waals surface area contributed by atoms with Crippen molar-refractivity contribution in [2.45, 2.75) is 32.9 Å². The Morgan fingerprint density at radius 1 is 0.852 bits per heavy atom. The molecule has 3 aromatic carbocycles. The third-order valence-corrected chi connectivity index (χ3v) is 4.69. The fraction of sp³-hybridized carbons (Fsp3) is 0.292. The maximum absolute atomic E-state index is 12.4. The van der Waals surface area contributed by atoms with Crippen molar-refractivity contribution in [2.75, 3.05) is 13.1 Å². The Labute approximate surface area is 162 Å². The average Bonchev–Trinajstić information content (AvgIpc) is 2.69.